The molecular weight excluding hydrogens is 355 g/mol. The van der Waals surface area contributed by atoms with E-state index in [4.69, 9.17) is 0 Å². The summed E-state index contributed by atoms with van der Waals surface area (Å²) < 4.78 is 29.5. The van der Waals surface area contributed by atoms with Crippen LogP contribution in [0.25, 0.3) is 0 Å². The van der Waals surface area contributed by atoms with Gasteiger partial charge in [-0.1, -0.05) is 18.2 Å². The molecule has 138 valence electrons. The number of fused-ring (bicyclic) bond motifs is 1. The van der Waals surface area contributed by atoms with E-state index in [9.17, 15) is 13.4 Å². The number of pyridine rings is 1. The molecule has 0 radical (unpaired) electrons. The van der Waals surface area contributed by atoms with Gasteiger partial charge in [0.05, 0.1) is 27.5 Å². The Morgan fingerprint density at radius 3 is 2.65 bits per heavy atom. The first-order valence-corrected chi connectivity index (χ1v) is 9.37. The smallest absolute Gasteiger partial charge is 0.249 e. The van der Waals surface area contributed by atoms with Crippen molar-refractivity contribution >= 4 is 28.4 Å². The van der Waals surface area contributed by atoms with Gasteiger partial charge in [-0.3, -0.25) is 4.79 Å². The molecule has 1 unspecified atom stereocenters. The van der Waals surface area contributed by atoms with Crippen LogP contribution in [0.15, 0.2) is 42.6 Å². The number of nitrogens with one attached hydrogen (secondary N) is 3. The van der Waals surface area contributed by atoms with Crippen molar-refractivity contribution in [2.24, 2.45) is 0 Å². The molecule has 0 spiro atoms. The lowest BCUT2D eigenvalue weighted by atomic mass is 9.97. The minimum absolute atomic E-state index is 0.261. The van der Waals surface area contributed by atoms with E-state index in [1.54, 1.807) is 57.3 Å². The second kappa shape index (κ2) is 7.13. The van der Waals surface area contributed by atoms with Crippen molar-refractivity contribution in [3.8, 4) is 0 Å². The molecule has 0 saturated heterocycles. The molecule has 0 saturated carbocycles. The first-order valence-electron chi connectivity index (χ1n) is 8.22. The Hall–Kier alpha value is -2.32. The Morgan fingerprint density at radius 1 is 1.23 bits per heavy atom. The number of hydrogen-bond acceptors (Lipinski definition) is 4. The highest BCUT2D eigenvalue weighted by atomic mass is 32.2. The van der Waals surface area contributed by atoms with Gasteiger partial charge in [0.1, 0.15) is 17.7 Å². The van der Waals surface area contributed by atoms with E-state index < -0.39 is 33.6 Å². The number of halogens is 1. The topological polar surface area (TPSA) is 83.1 Å². The zero-order valence-electron chi connectivity index (χ0n) is 14.7. The number of aromatic nitrogens is 1. The van der Waals surface area contributed by atoms with Gasteiger partial charge in [-0.2, -0.15) is 0 Å². The van der Waals surface area contributed by atoms with Crippen molar-refractivity contribution in [1.29, 1.82) is 0 Å². The molecule has 3 atom stereocenters. The number of hydrogen-bond donors (Lipinski definition) is 3. The van der Waals surface area contributed by atoms with Gasteiger partial charge >= 0.3 is 0 Å². The Balaban J connectivity index is 1.99. The average Bonchev–Trinajstić information content (AvgIpc) is 2.59. The summed E-state index contributed by atoms with van der Waals surface area (Å²) in [5.74, 6) is -0.337. The van der Waals surface area contributed by atoms with Crippen LogP contribution in [0, 0.1) is 5.82 Å². The van der Waals surface area contributed by atoms with E-state index in [-0.39, 0.29) is 11.5 Å². The molecule has 0 aliphatic carbocycles. The quantitative estimate of drug-likeness (QED) is 0.766. The maximum Gasteiger partial charge on any atom is 0.249 e. The fraction of sp³-hybridized carbons (Fsp3) is 0.333. The summed E-state index contributed by atoms with van der Waals surface area (Å²) in [6, 6.07) is 7.87. The van der Waals surface area contributed by atoms with Crippen molar-refractivity contribution < 1.29 is 13.4 Å². The van der Waals surface area contributed by atoms with Gasteiger partial charge in [-0.25, -0.2) is 18.3 Å². The second-order valence-electron chi connectivity index (χ2n) is 7.01. The predicted molar refractivity (Wildman–Crippen MR) is 100 cm³/mol. The molecule has 2 heterocycles. The van der Waals surface area contributed by atoms with Crippen LogP contribution in [0.5, 0.6) is 0 Å². The van der Waals surface area contributed by atoms with Crippen molar-refractivity contribution in [3.63, 3.8) is 0 Å². The number of carbonyl (C=O) groups is 1. The highest BCUT2D eigenvalue weighted by molar-refractivity contribution is 7.84. The monoisotopic (exact) mass is 376 g/mol. The maximum absolute atomic E-state index is 14.5. The summed E-state index contributed by atoms with van der Waals surface area (Å²) in [5, 5.41) is 5.81. The molecule has 0 fully saturated rings. The summed E-state index contributed by atoms with van der Waals surface area (Å²) in [6.45, 7) is 5.42. The van der Waals surface area contributed by atoms with Crippen LogP contribution in [0.3, 0.4) is 0 Å². The first-order chi connectivity index (χ1) is 12.3. The van der Waals surface area contributed by atoms with Crippen molar-refractivity contribution in [3.05, 3.63) is 54.0 Å². The number of anilines is 2. The van der Waals surface area contributed by atoms with E-state index in [1.165, 1.54) is 6.07 Å². The van der Waals surface area contributed by atoms with Crippen LogP contribution in [0.1, 0.15) is 32.4 Å². The van der Waals surface area contributed by atoms with Gasteiger partial charge in [0.2, 0.25) is 5.91 Å². The lowest BCUT2D eigenvalue weighted by molar-refractivity contribution is -0.117. The van der Waals surface area contributed by atoms with Crippen molar-refractivity contribution in [1.82, 2.24) is 9.71 Å². The Bertz CT molecular complexity index is 853. The van der Waals surface area contributed by atoms with E-state index in [1.807, 2.05) is 0 Å². The molecule has 6 nitrogen and oxygen atoms in total. The minimum Gasteiger partial charge on any atom is -0.355 e. The van der Waals surface area contributed by atoms with Crippen LogP contribution in [0.2, 0.25) is 0 Å². The number of nitrogens with zero attached hydrogens (tertiary/aromatic N) is 1. The standard InChI is InChI=1S/C18H21FN4O2S/c1-18(2,3)26(25)23-14(11-7-4-5-8-12(11)19)15-17(24)21-13-9-6-10-20-16(13)22-15/h4-10,14-15,23H,1-3H3,(H,20,22)(H,21,24)/t14-,15?,26+/m1/s1. The molecule has 8 heteroatoms. The molecular formula is C18H21FN4O2S. The van der Waals surface area contributed by atoms with E-state index in [0.717, 1.165) is 0 Å². The van der Waals surface area contributed by atoms with E-state index in [2.05, 4.69) is 20.3 Å². The zero-order chi connectivity index (χ0) is 18.9. The molecule has 1 aliphatic rings. The minimum atomic E-state index is -1.51. The zero-order valence-corrected chi connectivity index (χ0v) is 15.6. The highest BCUT2D eigenvalue weighted by Gasteiger charge is 2.37. The highest BCUT2D eigenvalue weighted by Crippen LogP contribution is 2.31. The normalized spacial score (nSPS) is 19.1. The third kappa shape index (κ3) is 3.76. The second-order valence-corrected chi connectivity index (χ2v) is 9.01. The van der Waals surface area contributed by atoms with E-state index >= 15 is 0 Å². The van der Waals surface area contributed by atoms with Gasteiger partial charge in [-0.05, 0) is 39.0 Å². The van der Waals surface area contributed by atoms with Crippen LogP contribution in [0.4, 0.5) is 15.9 Å². The summed E-state index contributed by atoms with van der Waals surface area (Å²) in [6.07, 6.45) is 1.60. The van der Waals surface area contributed by atoms with Gasteiger partial charge in [0, 0.05) is 11.8 Å². The van der Waals surface area contributed by atoms with Gasteiger partial charge in [-0.15, -0.1) is 0 Å². The summed E-state index contributed by atoms with van der Waals surface area (Å²) in [5.41, 5.74) is 0.815. The molecule has 1 aliphatic heterocycles. The molecule has 26 heavy (non-hydrogen) atoms. The summed E-state index contributed by atoms with van der Waals surface area (Å²) in [7, 11) is -1.51. The third-order valence-electron chi connectivity index (χ3n) is 4.00. The molecule has 1 aromatic heterocycles. The maximum atomic E-state index is 14.5. The number of carbonyl (C=O) groups excluding carboxylic acids is 1. The molecule has 3 N–H and O–H groups in total. The lowest BCUT2D eigenvalue weighted by Crippen LogP contribution is -2.50. The Kier molecular flexibility index (Phi) is 5.06. The fourth-order valence-electron chi connectivity index (χ4n) is 2.61. The molecule has 2 aromatic rings. The van der Waals surface area contributed by atoms with Gasteiger partial charge in [0.15, 0.2) is 0 Å². The third-order valence-corrected chi connectivity index (χ3v) is 5.58. The largest absolute Gasteiger partial charge is 0.355 e. The van der Waals surface area contributed by atoms with Crippen LogP contribution >= 0.6 is 0 Å². The van der Waals surface area contributed by atoms with Crippen molar-refractivity contribution in [2.45, 2.75) is 37.6 Å². The summed E-state index contributed by atoms with van der Waals surface area (Å²) >= 11 is 0. The number of amides is 1. The number of rotatable bonds is 4. The fourth-order valence-corrected chi connectivity index (χ4v) is 3.46. The molecule has 3 rings (SSSR count). The van der Waals surface area contributed by atoms with Crippen LogP contribution in [-0.4, -0.2) is 25.9 Å². The SMILES string of the molecule is CC(C)(C)[S@](=O)N[C@H](c1ccccc1F)C1Nc2ncccc2NC1=O. The molecule has 1 amide bonds. The predicted octanol–water partition coefficient (Wildman–Crippen LogP) is 2.75. The van der Waals surface area contributed by atoms with Gasteiger partial charge in [0.25, 0.3) is 0 Å². The summed E-state index contributed by atoms with van der Waals surface area (Å²) in [4.78, 5) is 16.9. The Labute approximate surface area is 154 Å². The van der Waals surface area contributed by atoms with Crippen LogP contribution < -0.4 is 15.4 Å². The molecule has 0 bridgehead atoms. The van der Waals surface area contributed by atoms with Crippen molar-refractivity contribution in [2.75, 3.05) is 10.6 Å². The van der Waals surface area contributed by atoms with Gasteiger partial charge < -0.3 is 10.6 Å². The number of benzene rings is 1. The average molecular weight is 376 g/mol. The van der Waals surface area contributed by atoms with E-state index in [0.29, 0.717) is 11.5 Å². The van der Waals surface area contributed by atoms with Crippen LogP contribution in [-0.2, 0) is 15.8 Å². The first kappa shape index (κ1) is 18.5. The molecule has 1 aromatic carbocycles. The Morgan fingerprint density at radius 2 is 1.96 bits per heavy atom. The lowest BCUT2D eigenvalue weighted by Gasteiger charge is -2.33.